The number of aliphatic hydroxyl groups excluding tert-OH is 1. The summed E-state index contributed by atoms with van der Waals surface area (Å²) in [5.41, 5.74) is 0.142. The molecule has 1 amide bonds. The number of carbonyl (C=O) groups is 1. The van der Waals surface area contributed by atoms with Crippen LogP contribution < -0.4 is 10.6 Å². The molecule has 0 saturated heterocycles. The molecular formula is C9H18N2O2. The fourth-order valence-electron chi connectivity index (χ4n) is 1.25. The standard InChI is InChI=1S/C9H18N2O2/c1-10-8(13)2-5-11-6-9(7-12)3-4-9/h11-12H,2-7H2,1H3,(H,10,13). The molecule has 0 spiro atoms. The van der Waals surface area contributed by atoms with Crippen LogP contribution in [0.15, 0.2) is 0 Å². The van der Waals surface area contributed by atoms with Gasteiger partial charge < -0.3 is 15.7 Å². The van der Waals surface area contributed by atoms with Crippen LogP contribution in [0.25, 0.3) is 0 Å². The number of carbonyl (C=O) groups excluding carboxylic acids is 1. The van der Waals surface area contributed by atoms with Crippen LogP contribution in [-0.2, 0) is 4.79 Å². The van der Waals surface area contributed by atoms with E-state index in [0.717, 1.165) is 19.4 Å². The monoisotopic (exact) mass is 186 g/mol. The maximum Gasteiger partial charge on any atom is 0.221 e. The lowest BCUT2D eigenvalue weighted by atomic mass is 10.1. The van der Waals surface area contributed by atoms with Gasteiger partial charge in [-0.05, 0) is 12.8 Å². The van der Waals surface area contributed by atoms with Crippen molar-refractivity contribution in [3.8, 4) is 0 Å². The summed E-state index contributed by atoms with van der Waals surface area (Å²) in [7, 11) is 1.64. The molecule has 0 aromatic rings. The van der Waals surface area contributed by atoms with Crippen molar-refractivity contribution in [2.45, 2.75) is 19.3 Å². The minimum atomic E-state index is 0.0568. The van der Waals surface area contributed by atoms with Crippen LogP contribution in [0.2, 0.25) is 0 Å². The number of rotatable bonds is 6. The molecule has 4 heteroatoms. The largest absolute Gasteiger partial charge is 0.396 e. The van der Waals surface area contributed by atoms with Gasteiger partial charge in [-0.25, -0.2) is 0 Å². The van der Waals surface area contributed by atoms with Gasteiger partial charge in [0.05, 0.1) is 0 Å². The van der Waals surface area contributed by atoms with E-state index >= 15 is 0 Å². The number of hydrogen-bond acceptors (Lipinski definition) is 3. The Balaban J connectivity index is 1.98. The lowest BCUT2D eigenvalue weighted by molar-refractivity contribution is -0.120. The molecular weight excluding hydrogens is 168 g/mol. The van der Waals surface area contributed by atoms with E-state index in [9.17, 15) is 4.79 Å². The van der Waals surface area contributed by atoms with Crippen LogP contribution in [0.5, 0.6) is 0 Å². The molecule has 0 radical (unpaired) electrons. The van der Waals surface area contributed by atoms with Gasteiger partial charge in [0.2, 0.25) is 5.91 Å². The van der Waals surface area contributed by atoms with E-state index in [0.29, 0.717) is 13.0 Å². The molecule has 0 aliphatic heterocycles. The van der Waals surface area contributed by atoms with Crippen molar-refractivity contribution >= 4 is 5.91 Å². The first kappa shape index (κ1) is 10.5. The summed E-state index contributed by atoms with van der Waals surface area (Å²) < 4.78 is 0. The smallest absolute Gasteiger partial charge is 0.221 e. The van der Waals surface area contributed by atoms with Crippen molar-refractivity contribution in [3.63, 3.8) is 0 Å². The first-order valence-electron chi connectivity index (χ1n) is 4.75. The van der Waals surface area contributed by atoms with Gasteiger partial charge in [-0.1, -0.05) is 0 Å². The van der Waals surface area contributed by atoms with Crippen LogP contribution in [0.4, 0.5) is 0 Å². The highest BCUT2D eigenvalue weighted by atomic mass is 16.3. The Morgan fingerprint density at radius 1 is 1.54 bits per heavy atom. The van der Waals surface area contributed by atoms with Crippen LogP contribution in [0, 0.1) is 5.41 Å². The SMILES string of the molecule is CNC(=O)CCNCC1(CO)CC1. The van der Waals surface area contributed by atoms with Gasteiger partial charge >= 0.3 is 0 Å². The van der Waals surface area contributed by atoms with Crippen molar-refractivity contribution < 1.29 is 9.90 Å². The summed E-state index contributed by atoms with van der Waals surface area (Å²) in [6, 6.07) is 0. The van der Waals surface area contributed by atoms with E-state index in [-0.39, 0.29) is 17.9 Å². The lowest BCUT2D eigenvalue weighted by Crippen LogP contribution is -2.30. The Morgan fingerprint density at radius 2 is 2.23 bits per heavy atom. The molecule has 13 heavy (non-hydrogen) atoms. The van der Waals surface area contributed by atoms with Crippen LogP contribution in [0.1, 0.15) is 19.3 Å². The fraction of sp³-hybridized carbons (Fsp3) is 0.889. The average molecular weight is 186 g/mol. The predicted molar refractivity (Wildman–Crippen MR) is 50.3 cm³/mol. The first-order valence-corrected chi connectivity index (χ1v) is 4.75. The van der Waals surface area contributed by atoms with Crippen LogP contribution in [0.3, 0.4) is 0 Å². The fourth-order valence-corrected chi connectivity index (χ4v) is 1.25. The molecule has 0 aromatic heterocycles. The summed E-state index contributed by atoms with van der Waals surface area (Å²) >= 11 is 0. The van der Waals surface area contributed by atoms with Crippen molar-refractivity contribution in [2.24, 2.45) is 5.41 Å². The Labute approximate surface area is 78.7 Å². The Morgan fingerprint density at radius 3 is 2.69 bits per heavy atom. The van der Waals surface area contributed by atoms with Crippen LogP contribution >= 0.6 is 0 Å². The molecule has 76 valence electrons. The molecule has 3 N–H and O–H groups in total. The van der Waals surface area contributed by atoms with E-state index in [4.69, 9.17) is 5.11 Å². The van der Waals surface area contributed by atoms with Gasteiger partial charge in [0.1, 0.15) is 0 Å². The molecule has 0 atom stereocenters. The molecule has 0 aromatic carbocycles. The number of aliphatic hydroxyl groups is 1. The van der Waals surface area contributed by atoms with Crippen molar-refractivity contribution in [3.05, 3.63) is 0 Å². The molecule has 1 aliphatic carbocycles. The van der Waals surface area contributed by atoms with Gasteiger partial charge in [-0.2, -0.15) is 0 Å². The molecule has 1 aliphatic rings. The zero-order valence-electron chi connectivity index (χ0n) is 8.10. The number of nitrogens with one attached hydrogen (secondary N) is 2. The van der Waals surface area contributed by atoms with Gasteiger partial charge in [0.15, 0.2) is 0 Å². The van der Waals surface area contributed by atoms with Gasteiger partial charge in [0, 0.05) is 38.6 Å². The number of hydrogen-bond donors (Lipinski definition) is 3. The first-order chi connectivity index (χ1) is 6.22. The molecule has 1 saturated carbocycles. The number of amides is 1. The minimum Gasteiger partial charge on any atom is -0.396 e. The van der Waals surface area contributed by atoms with Gasteiger partial charge in [-0.15, -0.1) is 0 Å². The van der Waals surface area contributed by atoms with Gasteiger partial charge in [0.25, 0.3) is 0 Å². The minimum absolute atomic E-state index is 0.0568. The topological polar surface area (TPSA) is 61.4 Å². The second kappa shape index (κ2) is 4.58. The molecule has 1 fully saturated rings. The highest BCUT2D eigenvalue weighted by Crippen LogP contribution is 2.44. The van der Waals surface area contributed by atoms with E-state index in [1.807, 2.05) is 0 Å². The molecule has 0 bridgehead atoms. The molecule has 1 rings (SSSR count). The Bertz CT molecular complexity index is 178. The highest BCUT2D eigenvalue weighted by Gasteiger charge is 2.41. The van der Waals surface area contributed by atoms with E-state index < -0.39 is 0 Å². The lowest BCUT2D eigenvalue weighted by Gasteiger charge is -2.11. The molecule has 0 unspecified atom stereocenters. The van der Waals surface area contributed by atoms with E-state index in [1.54, 1.807) is 7.05 Å². The summed E-state index contributed by atoms with van der Waals surface area (Å²) in [5, 5.41) is 14.7. The van der Waals surface area contributed by atoms with Crippen molar-refractivity contribution in [1.29, 1.82) is 0 Å². The average Bonchev–Trinajstić information content (AvgIpc) is 2.93. The maximum absolute atomic E-state index is 10.8. The van der Waals surface area contributed by atoms with E-state index in [2.05, 4.69) is 10.6 Å². The van der Waals surface area contributed by atoms with Crippen molar-refractivity contribution in [2.75, 3.05) is 26.7 Å². The summed E-state index contributed by atoms with van der Waals surface area (Å²) in [6.07, 6.45) is 2.73. The zero-order chi connectivity index (χ0) is 9.73. The third-order valence-electron chi connectivity index (χ3n) is 2.60. The van der Waals surface area contributed by atoms with Gasteiger partial charge in [-0.3, -0.25) is 4.79 Å². The summed E-state index contributed by atoms with van der Waals surface area (Å²) in [5.74, 6) is 0.0568. The zero-order valence-corrected chi connectivity index (χ0v) is 8.10. The third-order valence-corrected chi connectivity index (χ3v) is 2.60. The summed E-state index contributed by atoms with van der Waals surface area (Å²) in [6.45, 7) is 1.79. The second-order valence-electron chi connectivity index (χ2n) is 3.76. The molecule has 4 nitrogen and oxygen atoms in total. The highest BCUT2D eigenvalue weighted by molar-refractivity contribution is 5.75. The Hall–Kier alpha value is -0.610. The van der Waals surface area contributed by atoms with Crippen LogP contribution in [-0.4, -0.2) is 37.8 Å². The quantitative estimate of drug-likeness (QED) is 0.489. The molecule has 0 heterocycles. The van der Waals surface area contributed by atoms with Crippen molar-refractivity contribution in [1.82, 2.24) is 10.6 Å². The third kappa shape index (κ3) is 3.32. The normalized spacial score (nSPS) is 18.3. The Kier molecular flexibility index (Phi) is 3.69. The maximum atomic E-state index is 10.8. The summed E-state index contributed by atoms with van der Waals surface area (Å²) in [4.78, 5) is 10.8. The second-order valence-corrected chi connectivity index (χ2v) is 3.76. The predicted octanol–water partition coefficient (Wildman–Crippen LogP) is -0.515. The van der Waals surface area contributed by atoms with E-state index in [1.165, 1.54) is 0 Å².